The lowest BCUT2D eigenvalue weighted by atomic mass is 9.88. The number of benzene rings is 1. The van der Waals surface area contributed by atoms with Gasteiger partial charge in [-0.3, -0.25) is 9.48 Å². The maximum absolute atomic E-state index is 13.4. The summed E-state index contributed by atoms with van der Waals surface area (Å²) < 4.78 is 42.9. The van der Waals surface area contributed by atoms with Gasteiger partial charge in [0.15, 0.2) is 0 Å². The smallest absolute Gasteiger partial charge is 0.284 e. The average molecular weight is 338 g/mol. The maximum atomic E-state index is 13.4. The van der Waals surface area contributed by atoms with Gasteiger partial charge in [0.2, 0.25) is 0 Å². The minimum absolute atomic E-state index is 0.116. The minimum Gasteiger partial charge on any atom is -0.284 e. The van der Waals surface area contributed by atoms with Crippen LogP contribution in [0.25, 0.3) is 5.69 Å². The second-order valence-electron chi connectivity index (χ2n) is 7.44. The number of nitrogens with zero attached hydrogens (tertiary/aromatic N) is 2. The highest BCUT2D eigenvalue weighted by atomic mass is 19.4. The van der Waals surface area contributed by atoms with Crippen molar-refractivity contribution in [3.8, 4) is 5.69 Å². The highest BCUT2D eigenvalue weighted by Gasteiger charge is 2.39. The van der Waals surface area contributed by atoms with E-state index in [0.29, 0.717) is 5.56 Å². The molecule has 0 amide bonds. The van der Waals surface area contributed by atoms with Crippen molar-refractivity contribution in [3.05, 3.63) is 51.4 Å². The first-order valence-electron chi connectivity index (χ1n) is 8.02. The van der Waals surface area contributed by atoms with E-state index in [2.05, 4.69) is 0 Å². The maximum Gasteiger partial charge on any atom is 0.418 e. The van der Waals surface area contributed by atoms with E-state index in [1.807, 2.05) is 20.8 Å². The summed E-state index contributed by atoms with van der Waals surface area (Å²) in [6.45, 7) is 5.94. The fourth-order valence-electron chi connectivity index (χ4n) is 3.42. The molecule has 3 rings (SSSR count). The van der Waals surface area contributed by atoms with Crippen LogP contribution in [-0.4, -0.2) is 9.36 Å². The molecule has 2 aromatic rings. The Labute approximate surface area is 138 Å². The Morgan fingerprint density at radius 3 is 2.17 bits per heavy atom. The molecule has 1 aromatic heterocycles. The van der Waals surface area contributed by atoms with E-state index >= 15 is 0 Å². The third-order valence-electron chi connectivity index (χ3n) is 4.44. The molecule has 0 atom stereocenters. The van der Waals surface area contributed by atoms with Crippen molar-refractivity contribution in [2.75, 3.05) is 0 Å². The van der Waals surface area contributed by atoms with E-state index in [1.165, 1.54) is 22.9 Å². The first-order chi connectivity index (χ1) is 11.0. The standard InChI is InChI=1S/C18H21F3N2O/c1-17(2,3)15-14(11-9-10-11)16(24)23(22(15)4)13-8-6-5-7-12(13)18(19,20)21/h5-8,11H,9-10H2,1-4H3. The van der Waals surface area contributed by atoms with Crippen LogP contribution in [0.4, 0.5) is 13.2 Å². The predicted molar refractivity (Wildman–Crippen MR) is 86.7 cm³/mol. The van der Waals surface area contributed by atoms with Gasteiger partial charge in [-0.25, -0.2) is 4.68 Å². The van der Waals surface area contributed by atoms with Gasteiger partial charge in [-0.1, -0.05) is 32.9 Å². The van der Waals surface area contributed by atoms with Crippen LogP contribution in [0.15, 0.2) is 29.1 Å². The van der Waals surface area contributed by atoms with Crippen LogP contribution in [0.5, 0.6) is 0 Å². The molecule has 24 heavy (non-hydrogen) atoms. The van der Waals surface area contributed by atoms with Crippen LogP contribution in [0.1, 0.15) is 56.4 Å². The summed E-state index contributed by atoms with van der Waals surface area (Å²) in [5, 5.41) is 0. The summed E-state index contributed by atoms with van der Waals surface area (Å²) in [6, 6.07) is 5.24. The van der Waals surface area contributed by atoms with Crippen molar-refractivity contribution in [1.82, 2.24) is 9.36 Å². The average Bonchev–Trinajstić information content (AvgIpc) is 3.23. The van der Waals surface area contributed by atoms with Crippen molar-refractivity contribution in [2.24, 2.45) is 7.05 Å². The second-order valence-corrected chi connectivity index (χ2v) is 7.44. The van der Waals surface area contributed by atoms with Gasteiger partial charge in [0.1, 0.15) is 0 Å². The lowest BCUT2D eigenvalue weighted by Crippen LogP contribution is -2.25. The van der Waals surface area contributed by atoms with Gasteiger partial charge in [-0.05, 0) is 30.9 Å². The summed E-state index contributed by atoms with van der Waals surface area (Å²) >= 11 is 0. The fourth-order valence-corrected chi connectivity index (χ4v) is 3.42. The third kappa shape index (κ3) is 2.68. The summed E-state index contributed by atoms with van der Waals surface area (Å²) in [7, 11) is 1.67. The van der Waals surface area contributed by atoms with E-state index in [1.54, 1.807) is 11.7 Å². The van der Waals surface area contributed by atoms with E-state index in [-0.39, 0.29) is 22.6 Å². The molecular weight excluding hydrogens is 317 g/mol. The first kappa shape index (κ1) is 16.9. The highest BCUT2D eigenvalue weighted by molar-refractivity contribution is 5.45. The highest BCUT2D eigenvalue weighted by Crippen LogP contribution is 2.43. The Balaban J connectivity index is 2.34. The Bertz CT molecular complexity index is 833. The monoisotopic (exact) mass is 338 g/mol. The zero-order chi connectivity index (χ0) is 17.9. The van der Waals surface area contributed by atoms with Crippen LogP contribution in [0.2, 0.25) is 0 Å². The third-order valence-corrected chi connectivity index (χ3v) is 4.44. The Hall–Kier alpha value is -1.98. The molecule has 1 heterocycles. The number of para-hydroxylation sites is 1. The molecule has 0 bridgehead atoms. The van der Waals surface area contributed by atoms with Gasteiger partial charge >= 0.3 is 6.18 Å². The van der Waals surface area contributed by atoms with Gasteiger partial charge in [0, 0.05) is 23.7 Å². The summed E-state index contributed by atoms with van der Waals surface area (Å²) in [5.41, 5.74) is -0.0921. The van der Waals surface area contributed by atoms with Crippen molar-refractivity contribution in [1.29, 1.82) is 0 Å². The van der Waals surface area contributed by atoms with Crippen molar-refractivity contribution >= 4 is 0 Å². The number of alkyl halides is 3. The van der Waals surface area contributed by atoms with Crippen LogP contribution in [-0.2, 0) is 18.6 Å². The number of hydrogen-bond acceptors (Lipinski definition) is 1. The molecule has 0 spiro atoms. The first-order valence-corrected chi connectivity index (χ1v) is 8.02. The molecule has 0 N–H and O–H groups in total. The van der Waals surface area contributed by atoms with Gasteiger partial charge < -0.3 is 0 Å². The molecule has 0 unspecified atom stereocenters. The Kier molecular flexibility index (Phi) is 3.70. The van der Waals surface area contributed by atoms with Crippen molar-refractivity contribution in [2.45, 2.75) is 51.1 Å². The van der Waals surface area contributed by atoms with Gasteiger partial charge in [0.05, 0.1) is 11.3 Å². The molecule has 0 saturated heterocycles. The lowest BCUT2D eigenvalue weighted by molar-refractivity contribution is -0.137. The number of aromatic nitrogens is 2. The molecule has 1 aliphatic rings. The van der Waals surface area contributed by atoms with Crippen LogP contribution in [0.3, 0.4) is 0 Å². The van der Waals surface area contributed by atoms with Crippen molar-refractivity contribution in [3.63, 3.8) is 0 Å². The zero-order valence-electron chi connectivity index (χ0n) is 14.2. The predicted octanol–water partition coefficient (Wildman–Crippen LogP) is 4.37. The molecule has 1 fully saturated rings. The number of halogens is 3. The molecule has 3 nitrogen and oxygen atoms in total. The van der Waals surface area contributed by atoms with E-state index in [4.69, 9.17) is 0 Å². The number of rotatable bonds is 2. The molecule has 6 heteroatoms. The summed E-state index contributed by atoms with van der Waals surface area (Å²) in [6.07, 6.45) is -2.67. The minimum atomic E-state index is -4.51. The topological polar surface area (TPSA) is 26.9 Å². The number of hydrogen-bond donors (Lipinski definition) is 0. The summed E-state index contributed by atoms with van der Waals surface area (Å²) in [4.78, 5) is 13.0. The SMILES string of the molecule is Cn1c(C(C)(C)C)c(C2CC2)c(=O)n1-c1ccccc1C(F)(F)F. The second kappa shape index (κ2) is 5.26. The Morgan fingerprint density at radius 2 is 1.67 bits per heavy atom. The van der Waals surface area contributed by atoms with Gasteiger partial charge in [-0.15, -0.1) is 0 Å². The lowest BCUT2D eigenvalue weighted by Gasteiger charge is -2.23. The van der Waals surface area contributed by atoms with E-state index in [9.17, 15) is 18.0 Å². The summed E-state index contributed by atoms with van der Waals surface area (Å²) in [5.74, 6) is 0.164. The van der Waals surface area contributed by atoms with Crippen LogP contribution < -0.4 is 5.56 Å². The molecule has 0 radical (unpaired) electrons. The van der Waals surface area contributed by atoms with Gasteiger partial charge in [0.25, 0.3) is 5.56 Å². The fraction of sp³-hybridized carbons (Fsp3) is 0.500. The quantitative estimate of drug-likeness (QED) is 0.799. The molecule has 130 valence electrons. The molecular formula is C18H21F3N2O. The molecule has 1 aromatic carbocycles. The molecule has 1 aliphatic carbocycles. The largest absolute Gasteiger partial charge is 0.418 e. The van der Waals surface area contributed by atoms with E-state index < -0.39 is 11.7 Å². The van der Waals surface area contributed by atoms with Crippen molar-refractivity contribution < 1.29 is 13.2 Å². The normalized spacial score (nSPS) is 15.8. The van der Waals surface area contributed by atoms with Gasteiger partial charge in [-0.2, -0.15) is 13.2 Å². The van der Waals surface area contributed by atoms with Crippen LogP contribution >= 0.6 is 0 Å². The van der Waals surface area contributed by atoms with Crippen LogP contribution in [0, 0.1) is 0 Å². The Morgan fingerprint density at radius 1 is 1.08 bits per heavy atom. The molecule has 0 aliphatic heterocycles. The molecule has 1 saturated carbocycles. The zero-order valence-corrected chi connectivity index (χ0v) is 14.2. The van der Waals surface area contributed by atoms with E-state index in [0.717, 1.165) is 24.6 Å².